The number of aryl methyl sites for hydroxylation is 2. The van der Waals surface area contributed by atoms with Crippen LogP contribution in [0.15, 0.2) is 42.5 Å². The minimum absolute atomic E-state index is 0.219. The summed E-state index contributed by atoms with van der Waals surface area (Å²) in [6, 6.07) is 14.4. The minimum atomic E-state index is -1.06. The number of carbonyl (C=O) groups excluding carboxylic acids is 1. The summed E-state index contributed by atoms with van der Waals surface area (Å²) in [5, 5.41) is 22.4. The number of fused-ring (bicyclic) bond motifs is 1. The van der Waals surface area contributed by atoms with E-state index in [-0.39, 0.29) is 24.5 Å². The summed E-state index contributed by atoms with van der Waals surface area (Å²) in [6.45, 7) is 10.1. The zero-order valence-corrected chi connectivity index (χ0v) is 22.6. The largest absolute Gasteiger partial charge is 0.491 e. The summed E-state index contributed by atoms with van der Waals surface area (Å²) < 4.78 is 6.91. The average Bonchev–Trinajstić information content (AvgIpc) is 3.25. The van der Waals surface area contributed by atoms with Crippen LogP contribution in [0.2, 0.25) is 0 Å². The van der Waals surface area contributed by atoms with E-state index in [1.165, 1.54) is 22.5 Å². The van der Waals surface area contributed by atoms with Gasteiger partial charge in [-0.25, -0.2) is 0 Å². The highest BCUT2D eigenvalue weighted by Gasteiger charge is 2.23. The van der Waals surface area contributed by atoms with Gasteiger partial charge in [-0.3, -0.25) is 9.59 Å². The topological polar surface area (TPSA) is 95.9 Å². The molecule has 3 aromatic rings. The second-order valence-electron chi connectivity index (χ2n) is 10.4. The number of ether oxygens (including phenoxy) is 1. The first-order valence-electron chi connectivity index (χ1n) is 12.4. The number of amides is 1. The van der Waals surface area contributed by atoms with Crippen molar-refractivity contribution in [2.24, 2.45) is 5.41 Å². The van der Waals surface area contributed by atoms with Crippen LogP contribution < -0.4 is 10.1 Å². The Labute approximate surface area is 217 Å². The number of nitrogens with one attached hydrogen (secondary N) is 1. The van der Waals surface area contributed by atoms with Crippen LogP contribution in [0.3, 0.4) is 0 Å². The van der Waals surface area contributed by atoms with Gasteiger partial charge in [0.1, 0.15) is 18.9 Å². The molecule has 1 heterocycles. The van der Waals surface area contributed by atoms with Crippen LogP contribution in [-0.4, -0.2) is 41.3 Å². The number of aliphatic carboxylic acids is 1. The lowest BCUT2D eigenvalue weighted by Crippen LogP contribution is -2.32. The molecule has 0 saturated heterocycles. The molecule has 3 rings (SSSR count). The maximum atomic E-state index is 12.2. The van der Waals surface area contributed by atoms with E-state index in [9.17, 15) is 14.7 Å². The number of hydrogen-bond donors (Lipinski definition) is 3. The Morgan fingerprint density at radius 3 is 2.50 bits per heavy atom. The summed E-state index contributed by atoms with van der Waals surface area (Å²) >= 11 is 1.39. The fraction of sp³-hybridized carbons (Fsp3) is 0.448. The molecule has 0 fully saturated rings. The van der Waals surface area contributed by atoms with Crippen LogP contribution in [0.25, 0.3) is 10.1 Å². The number of hydrogen-bond acceptors (Lipinski definition) is 5. The van der Waals surface area contributed by atoms with Gasteiger partial charge in [0.05, 0.1) is 11.0 Å². The number of aliphatic hydroxyl groups excluding tert-OH is 1. The molecule has 0 radical (unpaired) electrons. The van der Waals surface area contributed by atoms with Crippen molar-refractivity contribution < 1.29 is 24.5 Å². The first-order valence-corrected chi connectivity index (χ1v) is 13.2. The summed E-state index contributed by atoms with van der Waals surface area (Å²) in [7, 11) is 0. The van der Waals surface area contributed by atoms with E-state index in [0.717, 1.165) is 40.7 Å². The molecule has 0 bridgehead atoms. The number of benzene rings is 2. The molecule has 0 aliphatic carbocycles. The fourth-order valence-corrected chi connectivity index (χ4v) is 5.08. The zero-order chi connectivity index (χ0) is 26.5. The van der Waals surface area contributed by atoms with Crippen molar-refractivity contribution in [2.45, 2.75) is 65.9 Å². The third kappa shape index (κ3) is 7.31. The number of rotatable bonds is 11. The van der Waals surface area contributed by atoms with Gasteiger partial charge in [-0.05, 0) is 77.8 Å². The fourth-order valence-electron chi connectivity index (χ4n) is 4.05. The van der Waals surface area contributed by atoms with Gasteiger partial charge >= 0.3 is 5.97 Å². The van der Waals surface area contributed by atoms with E-state index < -0.39 is 12.1 Å². The van der Waals surface area contributed by atoms with Crippen molar-refractivity contribution in [3.8, 4) is 5.75 Å². The molecule has 2 atom stereocenters. The van der Waals surface area contributed by atoms with Gasteiger partial charge in [-0.2, -0.15) is 0 Å². The SMILES string of the molecule is CCC(CCc1ccc(OCC(O)C(C)(C)C)c(C)c1)c1ccc2cc(C(=O)NCC(=O)O)sc2c1. The molecule has 1 amide bonds. The van der Waals surface area contributed by atoms with Crippen LogP contribution in [-0.2, 0) is 11.2 Å². The molecule has 6 nitrogen and oxygen atoms in total. The van der Waals surface area contributed by atoms with Crippen molar-refractivity contribution in [2.75, 3.05) is 13.2 Å². The number of thiophene rings is 1. The standard InChI is InChI=1S/C29H37NO5S/c1-6-20(9-7-19-8-12-23(18(2)13-19)35-17-26(31)29(3,4)5)21-10-11-22-15-25(36-24(22)14-21)28(34)30-16-27(32)33/h8,10-15,20,26,31H,6-7,9,16-17H2,1-5H3,(H,30,34)(H,32,33). The van der Waals surface area contributed by atoms with Gasteiger partial charge in [-0.15, -0.1) is 11.3 Å². The second kappa shape index (κ2) is 11.9. The third-order valence-corrected chi connectivity index (χ3v) is 7.65. The second-order valence-corrected chi connectivity index (χ2v) is 11.5. The van der Waals surface area contributed by atoms with Gasteiger partial charge in [0.25, 0.3) is 5.91 Å². The lowest BCUT2D eigenvalue weighted by atomic mass is 9.89. The first kappa shape index (κ1) is 27.7. The van der Waals surface area contributed by atoms with E-state index in [4.69, 9.17) is 9.84 Å². The monoisotopic (exact) mass is 511 g/mol. The van der Waals surface area contributed by atoms with Crippen molar-refractivity contribution in [1.82, 2.24) is 5.32 Å². The van der Waals surface area contributed by atoms with E-state index in [1.807, 2.05) is 45.9 Å². The van der Waals surface area contributed by atoms with Crippen molar-refractivity contribution in [1.29, 1.82) is 0 Å². The average molecular weight is 512 g/mol. The summed E-state index contributed by atoms with van der Waals surface area (Å²) in [5.41, 5.74) is 3.35. The molecule has 3 N–H and O–H groups in total. The normalized spacial score (nSPS) is 13.4. The van der Waals surface area contributed by atoms with Gasteiger partial charge < -0.3 is 20.3 Å². The maximum absolute atomic E-state index is 12.2. The Morgan fingerprint density at radius 2 is 1.86 bits per heavy atom. The Morgan fingerprint density at radius 1 is 1.11 bits per heavy atom. The molecule has 194 valence electrons. The predicted molar refractivity (Wildman–Crippen MR) is 145 cm³/mol. The molecular weight excluding hydrogens is 474 g/mol. The van der Waals surface area contributed by atoms with Crippen LogP contribution >= 0.6 is 11.3 Å². The van der Waals surface area contributed by atoms with E-state index in [2.05, 4.69) is 36.5 Å². The van der Waals surface area contributed by atoms with E-state index in [1.54, 1.807) is 0 Å². The molecular formula is C29H37NO5S. The molecule has 0 spiro atoms. The molecule has 36 heavy (non-hydrogen) atoms. The highest BCUT2D eigenvalue weighted by Crippen LogP contribution is 2.32. The Kier molecular flexibility index (Phi) is 9.14. The van der Waals surface area contributed by atoms with Crippen LogP contribution in [0.1, 0.15) is 72.8 Å². The van der Waals surface area contributed by atoms with Crippen LogP contribution in [0.4, 0.5) is 0 Å². The maximum Gasteiger partial charge on any atom is 0.322 e. The zero-order valence-electron chi connectivity index (χ0n) is 21.8. The highest BCUT2D eigenvalue weighted by molar-refractivity contribution is 7.20. The molecule has 0 aliphatic heterocycles. The van der Waals surface area contributed by atoms with Crippen molar-refractivity contribution in [3.63, 3.8) is 0 Å². The lowest BCUT2D eigenvalue weighted by Gasteiger charge is -2.26. The number of carboxylic acids is 1. The first-order chi connectivity index (χ1) is 17.0. The van der Waals surface area contributed by atoms with Crippen molar-refractivity contribution >= 4 is 33.3 Å². The van der Waals surface area contributed by atoms with Gasteiger partial charge in [0.15, 0.2) is 0 Å². The summed E-state index contributed by atoms with van der Waals surface area (Å²) in [6.07, 6.45) is 2.42. The molecule has 7 heteroatoms. The minimum Gasteiger partial charge on any atom is -0.491 e. The molecule has 0 aliphatic rings. The third-order valence-electron chi connectivity index (χ3n) is 6.55. The van der Waals surface area contributed by atoms with E-state index >= 15 is 0 Å². The number of aliphatic hydroxyl groups is 1. The van der Waals surface area contributed by atoms with Crippen LogP contribution in [0, 0.1) is 12.3 Å². The molecule has 2 aromatic carbocycles. The Balaban J connectivity index is 1.64. The van der Waals surface area contributed by atoms with Gasteiger partial charge in [0, 0.05) is 4.70 Å². The van der Waals surface area contributed by atoms with Gasteiger partial charge in [-0.1, -0.05) is 52.0 Å². The summed E-state index contributed by atoms with van der Waals surface area (Å²) in [5.74, 6) is -0.225. The summed E-state index contributed by atoms with van der Waals surface area (Å²) in [4.78, 5) is 23.5. The lowest BCUT2D eigenvalue weighted by molar-refractivity contribution is -0.135. The molecule has 0 saturated carbocycles. The number of carbonyl (C=O) groups is 2. The van der Waals surface area contributed by atoms with Crippen LogP contribution in [0.5, 0.6) is 5.75 Å². The molecule has 1 aromatic heterocycles. The predicted octanol–water partition coefficient (Wildman–Crippen LogP) is 5.94. The quantitative estimate of drug-likeness (QED) is 0.296. The van der Waals surface area contributed by atoms with Crippen molar-refractivity contribution in [3.05, 3.63) is 64.0 Å². The highest BCUT2D eigenvalue weighted by atomic mass is 32.1. The smallest absolute Gasteiger partial charge is 0.322 e. The van der Waals surface area contributed by atoms with E-state index in [0.29, 0.717) is 10.8 Å². The molecule has 2 unspecified atom stereocenters. The van der Waals surface area contributed by atoms with Gasteiger partial charge in [0.2, 0.25) is 0 Å². The Bertz CT molecular complexity index is 1210. The number of carboxylic acid groups (broad SMARTS) is 1. The Hall–Kier alpha value is -2.90.